The summed E-state index contributed by atoms with van der Waals surface area (Å²) in [7, 11) is 0. The Bertz CT molecular complexity index is 1470. The first kappa shape index (κ1) is 64.8. The van der Waals surface area contributed by atoms with Gasteiger partial charge in [0.2, 0.25) is 0 Å². The summed E-state index contributed by atoms with van der Waals surface area (Å²) in [6.07, 6.45) is 78.0. The van der Waals surface area contributed by atoms with Crippen LogP contribution in [-0.2, 0) is 28.6 Å². The van der Waals surface area contributed by atoms with E-state index in [1.54, 1.807) is 0 Å². The van der Waals surface area contributed by atoms with Gasteiger partial charge in [0.15, 0.2) is 6.10 Å². The third-order valence-electron chi connectivity index (χ3n) is 11.5. The topological polar surface area (TPSA) is 78.9 Å². The van der Waals surface area contributed by atoms with Crippen molar-refractivity contribution in [1.29, 1.82) is 0 Å². The highest BCUT2D eigenvalue weighted by molar-refractivity contribution is 5.71. The molecule has 0 radical (unpaired) electrons. The molecule has 1 atom stereocenters. The maximum atomic E-state index is 12.7. The molecule has 0 spiro atoms. The molecule has 0 amide bonds. The molecule has 0 heterocycles. The highest BCUT2D eigenvalue weighted by Gasteiger charge is 2.19. The fraction of sp³-hybridized carbons (Fsp3) is 0.635. The lowest BCUT2D eigenvalue weighted by Crippen LogP contribution is -2.30. The summed E-state index contributed by atoms with van der Waals surface area (Å²) in [4.78, 5) is 37.7. The van der Waals surface area contributed by atoms with Crippen LogP contribution in [0.4, 0.5) is 0 Å². The Kier molecular flexibility index (Phi) is 53.0. The molecule has 390 valence electrons. The van der Waals surface area contributed by atoms with Crippen LogP contribution in [0, 0.1) is 0 Å². The van der Waals surface area contributed by atoms with Crippen molar-refractivity contribution in [3.63, 3.8) is 0 Å². The van der Waals surface area contributed by atoms with Crippen LogP contribution >= 0.6 is 0 Å². The quantitative estimate of drug-likeness (QED) is 0.0262. The van der Waals surface area contributed by atoms with Gasteiger partial charge in [-0.25, -0.2) is 0 Å². The summed E-state index contributed by atoms with van der Waals surface area (Å²) in [5.41, 5.74) is 0. The maximum Gasteiger partial charge on any atom is 0.306 e. The zero-order chi connectivity index (χ0) is 50.0. The molecule has 6 nitrogen and oxygen atoms in total. The molecule has 1 unspecified atom stereocenters. The molecular weight excluding hydrogens is 853 g/mol. The monoisotopic (exact) mass is 955 g/mol. The molecule has 0 saturated carbocycles. The van der Waals surface area contributed by atoms with Gasteiger partial charge in [-0.15, -0.1) is 0 Å². The second-order valence-corrected chi connectivity index (χ2v) is 18.1. The largest absolute Gasteiger partial charge is 0.462 e. The minimum Gasteiger partial charge on any atom is -0.462 e. The average molecular weight is 956 g/mol. The first-order valence-corrected chi connectivity index (χ1v) is 28.0. The summed E-state index contributed by atoms with van der Waals surface area (Å²) in [5, 5.41) is 0. The van der Waals surface area contributed by atoms with Gasteiger partial charge in [-0.1, -0.05) is 245 Å². The summed E-state index contributed by atoms with van der Waals surface area (Å²) >= 11 is 0. The van der Waals surface area contributed by atoms with E-state index in [9.17, 15) is 14.4 Å². The van der Waals surface area contributed by atoms with Gasteiger partial charge in [0.1, 0.15) is 13.2 Å². The number of hydrogen-bond donors (Lipinski definition) is 0. The molecule has 0 aromatic carbocycles. The number of carbonyl (C=O) groups excluding carboxylic acids is 3. The fourth-order valence-corrected chi connectivity index (χ4v) is 7.29. The van der Waals surface area contributed by atoms with Gasteiger partial charge in [0.05, 0.1) is 0 Å². The van der Waals surface area contributed by atoms with E-state index >= 15 is 0 Å². The Balaban J connectivity index is 4.12. The van der Waals surface area contributed by atoms with Crippen molar-refractivity contribution in [1.82, 2.24) is 0 Å². The van der Waals surface area contributed by atoms with Crippen molar-refractivity contribution in [2.45, 2.75) is 245 Å². The molecule has 0 aliphatic carbocycles. The Hall–Kier alpha value is -4.19. The molecule has 0 aliphatic heterocycles. The number of rotatable bonds is 49. The van der Waals surface area contributed by atoms with E-state index < -0.39 is 6.10 Å². The van der Waals surface area contributed by atoms with Crippen LogP contribution in [0.5, 0.6) is 0 Å². The number of ether oxygens (including phenoxy) is 3. The first-order valence-electron chi connectivity index (χ1n) is 28.0. The molecule has 0 N–H and O–H groups in total. The lowest BCUT2D eigenvalue weighted by atomic mass is 10.1. The van der Waals surface area contributed by atoms with Gasteiger partial charge in [-0.2, -0.15) is 0 Å². The van der Waals surface area contributed by atoms with Crippen molar-refractivity contribution < 1.29 is 28.6 Å². The smallest absolute Gasteiger partial charge is 0.306 e. The van der Waals surface area contributed by atoms with Gasteiger partial charge in [-0.3, -0.25) is 14.4 Å². The Morgan fingerprint density at radius 2 is 0.565 bits per heavy atom. The van der Waals surface area contributed by atoms with E-state index in [0.717, 1.165) is 135 Å². The van der Waals surface area contributed by atoms with Crippen LogP contribution < -0.4 is 0 Å². The maximum absolute atomic E-state index is 12.7. The van der Waals surface area contributed by atoms with E-state index in [-0.39, 0.29) is 31.1 Å². The van der Waals surface area contributed by atoms with Crippen molar-refractivity contribution in [2.24, 2.45) is 0 Å². The molecule has 0 aromatic rings. The van der Waals surface area contributed by atoms with Crippen molar-refractivity contribution in [2.75, 3.05) is 13.2 Å². The van der Waals surface area contributed by atoms with E-state index in [2.05, 4.69) is 142 Å². The van der Waals surface area contributed by atoms with Gasteiger partial charge in [0, 0.05) is 19.3 Å². The summed E-state index contributed by atoms with van der Waals surface area (Å²) in [6.45, 7) is 6.42. The lowest BCUT2D eigenvalue weighted by Gasteiger charge is -2.18. The minimum absolute atomic E-state index is 0.0855. The van der Waals surface area contributed by atoms with Gasteiger partial charge in [0.25, 0.3) is 0 Å². The van der Waals surface area contributed by atoms with Crippen molar-refractivity contribution in [3.8, 4) is 0 Å². The zero-order valence-corrected chi connectivity index (χ0v) is 44.5. The molecule has 69 heavy (non-hydrogen) atoms. The van der Waals surface area contributed by atoms with Crippen LogP contribution in [0.2, 0.25) is 0 Å². The molecule has 6 heteroatoms. The van der Waals surface area contributed by atoms with Crippen LogP contribution in [0.15, 0.2) is 122 Å². The second-order valence-electron chi connectivity index (χ2n) is 18.1. The Morgan fingerprint density at radius 1 is 0.304 bits per heavy atom. The van der Waals surface area contributed by atoms with Crippen molar-refractivity contribution in [3.05, 3.63) is 122 Å². The summed E-state index contributed by atoms with van der Waals surface area (Å²) in [6, 6.07) is 0. The number of allylic oxidation sites excluding steroid dienone is 20. The van der Waals surface area contributed by atoms with Crippen LogP contribution in [0.25, 0.3) is 0 Å². The molecule has 0 saturated heterocycles. The number of carbonyl (C=O) groups is 3. The first-order chi connectivity index (χ1) is 34.0. The molecular formula is C63H102O6. The van der Waals surface area contributed by atoms with Gasteiger partial charge in [-0.05, 0) is 96.3 Å². The number of esters is 3. The molecule has 0 aromatic heterocycles. The summed E-state index contributed by atoms with van der Waals surface area (Å²) < 4.78 is 16.7. The van der Waals surface area contributed by atoms with E-state index in [1.807, 2.05) is 0 Å². The van der Waals surface area contributed by atoms with Gasteiger partial charge < -0.3 is 14.2 Å². The predicted octanol–water partition coefficient (Wildman–Crippen LogP) is 18.9. The van der Waals surface area contributed by atoms with E-state index in [4.69, 9.17) is 14.2 Å². The average Bonchev–Trinajstić information content (AvgIpc) is 3.35. The van der Waals surface area contributed by atoms with Gasteiger partial charge >= 0.3 is 17.9 Å². The zero-order valence-electron chi connectivity index (χ0n) is 44.5. The highest BCUT2D eigenvalue weighted by Crippen LogP contribution is 2.13. The fourth-order valence-electron chi connectivity index (χ4n) is 7.29. The van der Waals surface area contributed by atoms with Crippen LogP contribution in [0.1, 0.15) is 239 Å². The van der Waals surface area contributed by atoms with E-state index in [0.29, 0.717) is 19.3 Å². The lowest BCUT2D eigenvalue weighted by molar-refractivity contribution is -0.167. The number of hydrogen-bond acceptors (Lipinski definition) is 6. The number of unbranched alkanes of at least 4 members (excludes halogenated alkanes) is 18. The Labute approximate surface area is 424 Å². The van der Waals surface area contributed by atoms with Crippen LogP contribution in [-0.4, -0.2) is 37.2 Å². The third-order valence-corrected chi connectivity index (χ3v) is 11.5. The predicted molar refractivity (Wildman–Crippen MR) is 297 cm³/mol. The molecule has 0 aliphatic rings. The molecule has 0 fully saturated rings. The molecule has 0 rings (SSSR count). The third kappa shape index (κ3) is 54.6. The second kappa shape index (κ2) is 56.4. The minimum atomic E-state index is -0.783. The van der Waals surface area contributed by atoms with E-state index in [1.165, 1.54) is 64.2 Å². The standard InChI is InChI=1S/C63H102O6/c1-4-7-10-13-16-19-20-21-22-23-24-25-26-27-28-29-30-31-32-33-34-35-36-37-38-39-40-41-42-43-44-45-48-50-53-56-62(65)68-59-60(69-63(66)57-54-51-47-18-15-12-9-6-3)58-67-61(64)55-52-49-46-17-14-11-8-5-2/h7,10,16,19,21-22,24-25,27-28,30-31,33-34,36-37,39-40,42-43,60H,4-6,8-9,11-15,17-18,20,23,26,29,32,35,38,41,44-59H2,1-3H3/b10-7-,19-16-,22-21-,25-24-,28-27-,31-30-,34-33-,37-36-,40-39-,43-42-. The SMILES string of the molecule is CC/C=C\C/C=C\C/C=C\C/C=C\C/C=C\C/C=C\C/C=C\C/C=C\C/C=C\C/C=C\CCCCCCC(=O)OCC(COC(=O)CCCCCCCCCC)OC(=O)CCCCCCCCCC. The highest BCUT2D eigenvalue weighted by atomic mass is 16.6. The van der Waals surface area contributed by atoms with Crippen molar-refractivity contribution >= 4 is 17.9 Å². The Morgan fingerprint density at radius 3 is 0.884 bits per heavy atom. The normalized spacial score (nSPS) is 13.0. The van der Waals surface area contributed by atoms with Crippen LogP contribution in [0.3, 0.4) is 0 Å². The summed E-state index contributed by atoms with van der Waals surface area (Å²) in [5.74, 6) is -0.926. The molecule has 0 bridgehead atoms.